The smallest absolute Gasteiger partial charge is 0.145 e. The van der Waals surface area contributed by atoms with Crippen LogP contribution in [0.15, 0.2) is 231 Å². The number of benzene rings is 11. The first-order valence-corrected chi connectivity index (χ1v) is 22.6. The Morgan fingerprint density at radius 1 is 0.242 bits per heavy atom. The van der Waals surface area contributed by atoms with Crippen molar-refractivity contribution in [3.05, 3.63) is 231 Å². The van der Waals surface area contributed by atoms with Crippen LogP contribution in [0.1, 0.15) is 0 Å². The van der Waals surface area contributed by atoms with Gasteiger partial charge in [0.1, 0.15) is 5.82 Å². The average molecular weight is 839 g/mol. The van der Waals surface area contributed by atoms with E-state index in [1.807, 2.05) is 0 Å². The van der Waals surface area contributed by atoms with Crippen molar-refractivity contribution in [2.75, 3.05) is 0 Å². The van der Waals surface area contributed by atoms with E-state index in [0.29, 0.717) is 0 Å². The van der Waals surface area contributed by atoms with Gasteiger partial charge in [0.25, 0.3) is 0 Å². The van der Waals surface area contributed by atoms with Gasteiger partial charge in [-0.2, -0.15) is 0 Å². The van der Waals surface area contributed by atoms with E-state index in [1.165, 1.54) is 48.5 Å². The molecule has 14 aromatic rings. The summed E-state index contributed by atoms with van der Waals surface area (Å²) in [5.41, 5.74) is 13.0. The maximum Gasteiger partial charge on any atom is 0.145 e. The van der Waals surface area contributed by atoms with E-state index in [-0.39, 0.29) is 0 Å². The molecule has 3 heterocycles. The maximum absolute atomic E-state index is 5.37. The Labute approximate surface area is 379 Å². The summed E-state index contributed by atoms with van der Waals surface area (Å²) in [4.78, 5) is 10.7. The summed E-state index contributed by atoms with van der Waals surface area (Å²) in [5.74, 6) is 0.912. The largest absolute Gasteiger partial charge is 0.309 e. The quantitative estimate of drug-likeness (QED) is 0.162. The van der Waals surface area contributed by atoms with E-state index in [0.717, 1.165) is 83.5 Å². The van der Waals surface area contributed by atoms with Crippen LogP contribution in [0.25, 0.3) is 132 Å². The molecular weight excluding hydrogens is 801 g/mol. The molecule has 0 spiro atoms. The highest BCUT2D eigenvalue weighted by Crippen LogP contribution is 2.41. The molecule has 0 N–H and O–H groups in total. The molecule has 0 bridgehead atoms. The van der Waals surface area contributed by atoms with Crippen LogP contribution in [0.4, 0.5) is 0 Å². The van der Waals surface area contributed by atoms with Crippen molar-refractivity contribution in [3.63, 3.8) is 0 Å². The van der Waals surface area contributed by atoms with Crippen molar-refractivity contribution in [1.82, 2.24) is 19.1 Å². The first-order chi connectivity index (χ1) is 32.7. The predicted octanol–water partition coefficient (Wildman–Crippen LogP) is 16.3. The molecule has 0 fully saturated rings. The normalized spacial score (nSPS) is 11.9. The highest BCUT2D eigenvalue weighted by molar-refractivity contribution is 6.25. The van der Waals surface area contributed by atoms with Crippen LogP contribution in [0.5, 0.6) is 0 Å². The SMILES string of the molecule is c1ccc(-c2nc3cc4c5ccc(-c6ccc(-c7nc8ccccc8n7-c7ccc8c9ccccc9c9ccccc9c8c7)cc6)cc5n(-c5ccccc5)c4cc3c3ccccc23)cc1. The van der Waals surface area contributed by atoms with Crippen molar-refractivity contribution >= 4 is 86.8 Å². The monoisotopic (exact) mass is 838 g/mol. The minimum absolute atomic E-state index is 0.912. The van der Waals surface area contributed by atoms with Gasteiger partial charge >= 0.3 is 0 Å². The molecule has 0 saturated heterocycles. The molecule has 306 valence electrons. The lowest BCUT2D eigenvalue weighted by Gasteiger charge is -2.14. The fraction of sp³-hybridized carbons (Fsp3) is 0. The van der Waals surface area contributed by atoms with E-state index in [4.69, 9.17) is 9.97 Å². The van der Waals surface area contributed by atoms with E-state index in [1.54, 1.807) is 0 Å². The third-order valence-electron chi connectivity index (χ3n) is 13.7. The summed E-state index contributed by atoms with van der Waals surface area (Å²) in [6.45, 7) is 0. The third kappa shape index (κ3) is 5.52. The van der Waals surface area contributed by atoms with E-state index >= 15 is 0 Å². The fourth-order valence-corrected chi connectivity index (χ4v) is 10.6. The standard InChI is InChI=1S/C62H38N4/c1-3-15-40(16-4-1)61-52-24-12-11-23-49(52)54-38-60-55(37-57(54)63-61)51-33-31-42(35-59(51)65(60)43-17-5-2-6-18-43)39-27-29-41(30-28-39)62-64-56-25-13-14-26-58(56)66(62)44-32-34-50-47-21-8-7-19-45(47)46-20-9-10-22-48(46)53(50)36-44/h1-38H. The molecule has 4 heteroatoms. The molecule has 4 nitrogen and oxygen atoms in total. The summed E-state index contributed by atoms with van der Waals surface area (Å²) in [5, 5.41) is 13.4. The molecular formula is C62H38N4. The van der Waals surface area contributed by atoms with Crippen LogP contribution in [0.3, 0.4) is 0 Å². The van der Waals surface area contributed by atoms with Gasteiger partial charge in [-0.15, -0.1) is 0 Å². The van der Waals surface area contributed by atoms with Crippen LogP contribution in [0.2, 0.25) is 0 Å². The topological polar surface area (TPSA) is 35.6 Å². The van der Waals surface area contributed by atoms with Crippen LogP contribution in [-0.2, 0) is 0 Å². The molecule has 0 saturated carbocycles. The Kier molecular flexibility index (Phi) is 7.95. The van der Waals surface area contributed by atoms with Gasteiger partial charge in [-0.25, -0.2) is 9.97 Å². The summed E-state index contributed by atoms with van der Waals surface area (Å²) in [6.07, 6.45) is 0. The van der Waals surface area contributed by atoms with Crippen molar-refractivity contribution in [2.45, 2.75) is 0 Å². The second-order valence-corrected chi connectivity index (χ2v) is 17.3. The van der Waals surface area contributed by atoms with E-state index in [9.17, 15) is 0 Å². The number of para-hydroxylation sites is 3. The minimum Gasteiger partial charge on any atom is -0.309 e. The molecule has 0 radical (unpaired) electrons. The Morgan fingerprint density at radius 3 is 1.52 bits per heavy atom. The number of hydrogen-bond acceptors (Lipinski definition) is 2. The number of aromatic nitrogens is 4. The molecule has 0 aliphatic heterocycles. The molecule has 0 aliphatic rings. The number of hydrogen-bond donors (Lipinski definition) is 0. The predicted molar refractivity (Wildman–Crippen MR) is 277 cm³/mol. The zero-order valence-electron chi connectivity index (χ0n) is 35.7. The van der Waals surface area contributed by atoms with Gasteiger partial charge in [0.05, 0.1) is 33.3 Å². The van der Waals surface area contributed by atoms with Crippen molar-refractivity contribution in [3.8, 4) is 45.1 Å². The van der Waals surface area contributed by atoms with Crippen molar-refractivity contribution in [1.29, 1.82) is 0 Å². The number of nitrogens with zero attached hydrogens (tertiary/aromatic N) is 4. The molecule has 0 atom stereocenters. The molecule has 66 heavy (non-hydrogen) atoms. The second-order valence-electron chi connectivity index (χ2n) is 17.3. The first-order valence-electron chi connectivity index (χ1n) is 22.6. The van der Waals surface area contributed by atoms with Gasteiger partial charge in [0, 0.05) is 44.0 Å². The summed E-state index contributed by atoms with van der Waals surface area (Å²) >= 11 is 0. The van der Waals surface area contributed by atoms with Crippen molar-refractivity contribution < 1.29 is 0 Å². The molecule has 0 aliphatic carbocycles. The number of rotatable bonds is 5. The fourth-order valence-electron chi connectivity index (χ4n) is 10.6. The van der Waals surface area contributed by atoms with E-state index in [2.05, 4.69) is 240 Å². The zero-order valence-corrected chi connectivity index (χ0v) is 35.7. The Bertz CT molecular complexity index is 4220. The third-order valence-corrected chi connectivity index (χ3v) is 13.7. The molecule has 11 aromatic carbocycles. The Morgan fingerprint density at radius 2 is 0.788 bits per heavy atom. The molecule has 0 amide bonds. The van der Waals surface area contributed by atoms with Crippen molar-refractivity contribution in [2.24, 2.45) is 0 Å². The van der Waals surface area contributed by atoms with Crippen LogP contribution < -0.4 is 0 Å². The Balaban J connectivity index is 0.920. The highest BCUT2D eigenvalue weighted by atomic mass is 15.1. The molecule has 14 rings (SSSR count). The second kappa shape index (κ2) is 14.3. The number of pyridine rings is 1. The highest BCUT2D eigenvalue weighted by Gasteiger charge is 2.20. The lowest BCUT2D eigenvalue weighted by Crippen LogP contribution is -1.98. The van der Waals surface area contributed by atoms with Crippen LogP contribution in [-0.4, -0.2) is 19.1 Å². The zero-order chi connectivity index (χ0) is 43.3. The minimum atomic E-state index is 0.912. The summed E-state index contributed by atoms with van der Waals surface area (Å²) in [6, 6.07) is 83.3. The van der Waals surface area contributed by atoms with Gasteiger partial charge in [0.2, 0.25) is 0 Å². The van der Waals surface area contributed by atoms with Gasteiger partial charge in [-0.3, -0.25) is 4.57 Å². The van der Waals surface area contributed by atoms with Gasteiger partial charge in [0.15, 0.2) is 0 Å². The first kappa shape index (κ1) is 36.6. The maximum atomic E-state index is 5.37. The van der Waals surface area contributed by atoms with Crippen LogP contribution >= 0.6 is 0 Å². The lowest BCUT2D eigenvalue weighted by molar-refractivity contribution is 1.11. The van der Waals surface area contributed by atoms with Gasteiger partial charge < -0.3 is 4.57 Å². The van der Waals surface area contributed by atoms with Crippen LogP contribution in [0, 0.1) is 0 Å². The number of imidazole rings is 1. The summed E-state index contributed by atoms with van der Waals surface area (Å²) < 4.78 is 4.74. The van der Waals surface area contributed by atoms with Gasteiger partial charge in [-0.05, 0) is 103 Å². The van der Waals surface area contributed by atoms with E-state index < -0.39 is 0 Å². The Hall–Kier alpha value is -8.86. The lowest BCUT2D eigenvalue weighted by atomic mass is 9.94. The van der Waals surface area contributed by atoms with Gasteiger partial charge in [-0.1, -0.05) is 176 Å². The summed E-state index contributed by atoms with van der Waals surface area (Å²) in [7, 11) is 0. The number of fused-ring (bicyclic) bond motifs is 13. The molecule has 3 aromatic heterocycles. The average Bonchev–Trinajstić information content (AvgIpc) is 3.94. The molecule has 0 unspecified atom stereocenters.